The molecule has 3 amide bonds. The molecule has 1 aliphatic heterocycles. The summed E-state index contributed by atoms with van der Waals surface area (Å²) in [7, 11) is 0. The number of carbonyl (C=O) groups excluding carboxylic acids is 2. The van der Waals surface area contributed by atoms with E-state index in [-0.39, 0.29) is 55.6 Å². The first-order valence-corrected chi connectivity index (χ1v) is 13.7. The van der Waals surface area contributed by atoms with Gasteiger partial charge in [-0.3, -0.25) is 9.48 Å². The normalized spacial score (nSPS) is 21.1. The van der Waals surface area contributed by atoms with E-state index in [0.29, 0.717) is 30.1 Å². The molecule has 1 saturated carbocycles. The second kappa shape index (κ2) is 10.9. The van der Waals surface area contributed by atoms with E-state index in [1.807, 2.05) is 26.8 Å². The van der Waals surface area contributed by atoms with Crippen molar-refractivity contribution in [1.82, 2.24) is 39.9 Å². The number of imidazole rings is 1. The second-order valence-electron chi connectivity index (χ2n) is 11.1. The van der Waals surface area contributed by atoms with Crippen LogP contribution in [0.15, 0.2) is 30.7 Å². The minimum Gasteiger partial charge on any atom is -0.342 e. The van der Waals surface area contributed by atoms with Gasteiger partial charge in [-0.1, -0.05) is 0 Å². The summed E-state index contributed by atoms with van der Waals surface area (Å²) < 4.78 is 31.2. The highest BCUT2D eigenvalue weighted by Gasteiger charge is 2.39. The summed E-state index contributed by atoms with van der Waals surface area (Å²) in [6, 6.07) is 3.00. The highest BCUT2D eigenvalue weighted by molar-refractivity contribution is 5.92. The number of nitrogens with zero attached hydrogens (tertiary/aromatic N) is 6. The Morgan fingerprint density at radius 3 is 2.74 bits per heavy atom. The van der Waals surface area contributed by atoms with Crippen molar-refractivity contribution in [3.8, 4) is 0 Å². The molecule has 2 N–H and O–H groups in total. The van der Waals surface area contributed by atoms with Gasteiger partial charge in [-0.2, -0.15) is 10.2 Å². The van der Waals surface area contributed by atoms with Crippen LogP contribution < -0.4 is 10.6 Å². The summed E-state index contributed by atoms with van der Waals surface area (Å²) in [5.41, 5.74) is 2.38. The highest BCUT2D eigenvalue weighted by atomic mass is 19.3. The zero-order valence-electron chi connectivity index (χ0n) is 22.6. The van der Waals surface area contributed by atoms with E-state index >= 15 is 0 Å². The van der Waals surface area contributed by atoms with Crippen LogP contribution in [0.1, 0.15) is 93.1 Å². The van der Waals surface area contributed by atoms with E-state index in [1.54, 1.807) is 38.8 Å². The second-order valence-corrected chi connectivity index (χ2v) is 11.1. The van der Waals surface area contributed by atoms with Gasteiger partial charge in [0.25, 0.3) is 5.91 Å². The van der Waals surface area contributed by atoms with E-state index in [9.17, 15) is 18.4 Å². The van der Waals surface area contributed by atoms with Crippen LogP contribution in [0.25, 0.3) is 5.65 Å². The van der Waals surface area contributed by atoms with Crippen molar-refractivity contribution in [3.05, 3.63) is 47.7 Å². The molecule has 1 unspecified atom stereocenters. The molecule has 0 spiro atoms. The van der Waals surface area contributed by atoms with Crippen LogP contribution in [0, 0.1) is 5.92 Å². The van der Waals surface area contributed by atoms with Crippen molar-refractivity contribution < 1.29 is 18.4 Å². The summed E-state index contributed by atoms with van der Waals surface area (Å²) in [5, 5.41) is 14.8. The molecule has 1 aliphatic carbocycles. The van der Waals surface area contributed by atoms with Gasteiger partial charge < -0.3 is 15.5 Å². The highest BCUT2D eigenvalue weighted by Crippen LogP contribution is 2.41. The number of fused-ring (bicyclic) bond motifs is 1. The number of alkyl halides is 2. The molecule has 39 heavy (non-hydrogen) atoms. The number of nitrogens with one attached hydrogen (secondary N) is 2. The molecule has 3 aromatic heterocycles. The third-order valence-corrected chi connectivity index (χ3v) is 7.72. The Morgan fingerprint density at radius 2 is 2.00 bits per heavy atom. The van der Waals surface area contributed by atoms with Gasteiger partial charge in [0.1, 0.15) is 5.69 Å². The molecule has 2 aliphatic rings. The van der Waals surface area contributed by atoms with Crippen molar-refractivity contribution in [2.24, 2.45) is 5.92 Å². The molecule has 0 radical (unpaired) electrons. The molecule has 0 aromatic carbocycles. The number of hydrogen-bond donors (Lipinski definition) is 2. The standard InChI is InChI=1S/C27H36F2N8O2/c1-17(2)37-22(8-11-30-37)25(38)34-24(20-6-9-27(28,29)10-7-20)21-16-36-23(33-21)13-19(14-31-36)15-35-12-4-5-18(3)32-26(35)39/h8,11,13-14,16-18,20,24H,4-7,9-10,12,15H2,1-3H3,(H,32,39)(H,34,38)/t18-,24?/m0/s1. The number of halogens is 2. The minimum atomic E-state index is -2.69. The van der Waals surface area contributed by atoms with Crippen molar-refractivity contribution in [3.63, 3.8) is 0 Å². The average molecular weight is 543 g/mol. The van der Waals surface area contributed by atoms with Crippen LogP contribution in [0.3, 0.4) is 0 Å². The third-order valence-electron chi connectivity index (χ3n) is 7.72. The maximum Gasteiger partial charge on any atom is 0.317 e. The van der Waals surface area contributed by atoms with Gasteiger partial charge in [-0.15, -0.1) is 0 Å². The van der Waals surface area contributed by atoms with Crippen LogP contribution in [0.4, 0.5) is 13.6 Å². The van der Waals surface area contributed by atoms with Crippen LogP contribution in [-0.2, 0) is 6.54 Å². The molecule has 2 atom stereocenters. The Balaban J connectivity index is 1.40. The molecule has 12 heteroatoms. The predicted molar refractivity (Wildman–Crippen MR) is 140 cm³/mol. The largest absolute Gasteiger partial charge is 0.342 e. The number of amides is 3. The molecule has 210 valence electrons. The summed E-state index contributed by atoms with van der Waals surface area (Å²) >= 11 is 0. The lowest BCUT2D eigenvalue weighted by Gasteiger charge is -2.33. The first-order chi connectivity index (χ1) is 18.6. The van der Waals surface area contributed by atoms with Crippen LogP contribution >= 0.6 is 0 Å². The van der Waals surface area contributed by atoms with Crippen molar-refractivity contribution >= 4 is 17.6 Å². The van der Waals surface area contributed by atoms with Gasteiger partial charge in [-0.25, -0.2) is 23.1 Å². The minimum absolute atomic E-state index is 0.0140. The smallest absolute Gasteiger partial charge is 0.317 e. The molecule has 1 saturated heterocycles. The van der Waals surface area contributed by atoms with Crippen LogP contribution in [0.5, 0.6) is 0 Å². The summed E-state index contributed by atoms with van der Waals surface area (Å²) in [6.45, 7) is 6.94. The van der Waals surface area contributed by atoms with Gasteiger partial charge in [0.2, 0.25) is 5.92 Å². The summed E-state index contributed by atoms with van der Waals surface area (Å²) in [5.74, 6) is -3.21. The fourth-order valence-corrected chi connectivity index (χ4v) is 5.56. The van der Waals surface area contributed by atoms with E-state index in [1.165, 1.54) is 0 Å². The Hall–Kier alpha value is -3.57. The average Bonchev–Trinajstić information content (AvgIpc) is 3.51. The third kappa shape index (κ3) is 6.04. The molecule has 2 fully saturated rings. The SMILES string of the molecule is CC(C)n1nccc1C(=O)NC(c1cn2ncc(CN3CCC[C@H](C)NC3=O)cc2n1)C1CCC(F)(F)CC1. The zero-order chi connectivity index (χ0) is 27.7. The first-order valence-electron chi connectivity index (χ1n) is 13.7. The van der Waals surface area contributed by atoms with Crippen molar-refractivity contribution in [2.45, 2.75) is 89.9 Å². The lowest BCUT2D eigenvalue weighted by Crippen LogP contribution is -2.40. The fraction of sp³-hybridized carbons (Fsp3) is 0.593. The number of hydrogen-bond acceptors (Lipinski definition) is 5. The van der Waals surface area contributed by atoms with E-state index in [2.05, 4.69) is 20.8 Å². The van der Waals surface area contributed by atoms with Gasteiger partial charge in [0.05, 0.1) is 24.1 Å². The summed E-state index contributed by atoms with van der Waals surface area (Å²) in [6.07, 6.45) is 6.98. The van der Waals surface area contributed by atoms with Gasteiger partial charge in [0.15, 0.2) is 5.65 Å². The van der Waals surface area contributed by atoms with Crippen molar-refractivity contribution in [1.29, 1.82) is 0 Å². The van der Waals surface area contributed by atoms with Crippen LogP contribution in [0.2, 0.25) is 0 Å². The Morgan fingerprint density at radius 1 is 1.23 bits per heavy atom. The lowest BCUT2D eigenvalue weighted by atomic mass is 9.81. The Kier molecular flexibility index (Phi) is 7.55. The number of aromatic nitrogens is 5. The monoisotopic (exact) mass is 542 g/mol. The molecule has 10 nitrogen and oxygen atoms in total. The molecular formula is C27H36F2N8O2. The molecular weight excluding hydrogens is 506 g/mol. The fourth-order valence-electron chi connectivity index (χ4n) is 5.56. The molecule has 4 heterocycles. The van der Waals surface area contributed by atoms with E-state index in [0.717, 1.165) is 18.4 Å². The Labute approximate surface area is 226 Å². The van der Waals surface area contributed by atoms with Gasteiger partial charge >= 0.3 is 6.03 Å². The number of urea groups is 1. The number of rotatable bonds is 7. The number of carbonyl (C=O) groups is 2. The molecule has 3 aromatic rings. The predicted octanol–water partition coefficient (Wildman–Crippen LogP) is 4.50. The molecule has 0 bridgehead atoms. The first kappa shape index (κ1) is 27.0. The topological polar surface area (TPSA) is 109 Å². The maximum atomic E-state index is 14.0. The zero-order valence-corrected chi connectivity index (χ0v) is 22.6. The van der Waals surface area contributed by atoms with E-state index < -0.39 is 12.0 Å². The lowest BCUT2D eigenvalue weighted by molar-refractivity contribution is -0.0495. The van der Waals surface area contributed by atoms with Gasteiger partial charge in [0, 0.05) is 44.2 Å². The summed E-state index contributed by atoms with van der Waals surface area (Å²) in [4.78, 5) is 32.4. The molecule has 5 rings (SSSR count). The van der Waals surface area contributed by atoms with Crippen molar-refractivity contribution in [2.75, 3.05) is 6.54 Å². The quantitative estimate of drug-likeness (QED) is 0.457. The van der Waals surface area contributed by atoms with E-state index in [4.69, 9.17) is 4.98 Å². The maximum absolute atomic E-state index is 14.0. The van der Waals surface area contributed by atoms with Crippen LogP contribution in [-0.4, -0.2) is 59.7 Å². The van der Waals surface area contributed by atoms with Gasteiger partial charge in [-0.05, 0) is 70.1 Å². The Bertz CT molecular complexity index is 1330.